The predicted molar refractivity (Wildman–Crippen MR) is 85.5 cm³/mol. The van der Waals surface area contributed by atoms with Gasteiger partial charge < -0.3 is 15.6 Å². The Morgan fingerprint density at radius 3 is 2.65 bits per heavy atom. The number of benzene rings is 1. The number of para-hydroxylation sites is 2. The topological polar surface area (TPSA) is 72.9 Å². The number of imidazole rings is 1. The van der Waals surface area contributed by atoms with Gasteiger partial charge in [-0.05, 0) is 26.0 Å². The quantitative estimate of drug-likeness (QED) is 0.906. The zero-order valence-corrected chi connectivity index (χ0v) is 13.1. The molecule has 0 aliphatic heterocycles. The van der Waals surface area contributed by atoms with Gasteiger partial charge in [0, 0.05) is 6.54 Å². The standard InChI is InChI=1S/C13H18N4O.2ClH/c1-3-17-11-7-5-4-6-10(11)16-13(17)9(2)15-12(18)8-14;;/h4-7,9H,3,8,14H2,1-2H3,(H,15,18);2*1H. The SMILES string of the molecule is CCn1c(C(C)NC(=O)CN)nc2ccccc21.Cl.Cl. The number of nitrogens with one attached hydrogen (secondary N) is 1. The summed E-state index contributed by atoms with van der Waals surface area (Å²) in [5.74, 6) is 0.692. The number of hydrogen-bond donors (Lipinski definition) is 2. The lowest BCUT2D eigenvalue weighted by molar-refractivity contribution is -0.120. The number of hydrogen-bond acceptors (Lipinski definition) is 3. The highest BCUT2D eigenvalue weighted by Gasteiger charge is 2.16. The molecule has 0 radical (unpaired) electrons. The van der Waals surface area contributed by atoms with Gasteiger partial charge in [-0.25, -0.2) is 4.98 Å². The van der Waals surface area contributed by atoms with Crippen LogP contribution >= 0.6 is 24.8 Å². The highest BCUT2D eigenvalue weighted by molar-refractivity contribution is 5.85. The predicted octanol–water partition coefficient (Wildman–Crippen LogP) is 2.04. The maximum Gasteiger partial charge on any atom is 0.234 e. The molecule has 20 heavy (non-hydrogen) atoms. The lowest BCUT2D eigenvalue weighted by Gasteiger charge is -2.14. The van der Waals surface area contributed by atoms with Crippen LogP contribution in [-0.2, 0) is 11.3 Å². The molecule has 0 aliphatic rings. The van der Waals surface area contributed by atoms with E-state index in [0.717, 1.165) is 23.4 Å². The van der Waals surface area contributed by atoms with Crippen molar-refractivity contribution in [3.8, 4) is 0 Å². The molecule has 2 rings (SSSR count). The zero-order valence-electron chi connectivity index (χ0n) is 11.5. The molecule has 0 bridgehead atoms. The molecule has 1 atom stereocenters. The van der Waals surface area contributed by atoms with Gasteiger partial charge in [0.15, 0.2) is 0 Å². The van der Waals surface area contributed by atoms with Crippen LogP contribution in [0.4, 0.5) is 0 Å². The Balaban J connectivity index is 0.00000180. The number of rotatable bonds is 4. The summed E-state index contributed by atoms with van der Waals surface area (Å²) in [5, 5.41) is 2.83. The fourth-order valence-electron chi connectivity index (χ4n) is 2.12. The van der Waals surface area contributed by atoms with Gasteiger partial charge in [0.05, 0.1) is 23.6 Å². The zero-order chi connectivity index (χ0) is 13.1. The summed E-state index contributed by atoms with van der Waals surface area (Å²) in [6.07, 6.45) is 0. The second-order valence-corrected chi connectivity index (χ2v) is 4.20. The largest absolute Gasteiger partial charge is 0.345 e. The molecule has 1 aromatic heterocycles. The van der Waals surface area contributed by atoms with E-state index >= 15 is 0 Å². The molecule has 0 saturated carbocycles. The third-order valence-electron chi connectivity index (χ3n) is 2.95. The van der Waals surface area contributed by atoms with Crippen molar-refractivity contribution in [1.29, 1.82) is 0 Å². The van der Waals surface area contributed by atoms with Gasteiger partial charge in [0.1, 0.15) is 5.82 Å². The summed E-state index contributed by atoms with van der Waals surface area (Å²) in [6, 6.07) is 7.81. The van der Waals surface area contributed by atoms with E-state index in [2.05, 4.69) is 21.8 Å². The van der Waals surface area contributed by atoms with Gasteiger partial charge in [0.2, 0.25) is 5.91 Å². The van der Waals surface area contributed by atoms with E-state index in [-0.39, 0.29) is 43.3 Å². The Bertz CT molecular complexity index is 570. The fourth-order valence-corrected chi connectivity index (χ4v) is 2.12. The summed E-state index contributed by atoms with van der Waals surface area (Å²) >= 11 is 0. The van der Waals surface area contributed by atoms with Crippen LogP contribution in [0.1, 0.15) is 25.7 Å². The number of nitrogens with zero attached hydrogens (tertiary/aromatic N) is 2. The van der Waals surface area contributed by atoms with Crippen molar-refractivity contribution < 1.29 is 4.79 Å². The van der Waals surface area contributed by atoms with Crippen molar-refractivity contribution in [2.24, 2.45) is 5.73 Å². The van der Waals surface area contributed by atoms with E-state index in [1.165, 1.54) is 0 Å². The minimum Gasteiger partial charge on any atom is -0.345 e. The summed E-state index contributed by atoms with van der Waals surface area (Å²) < 4.78 is 2.11. The van der Waals surface area contributed by atoms with E-state index in [1.54, 1.807) is 0 Å². The van der Waals surface area contributed by atoms with E-state index in [0.29, 0.717) is 0 Å². The first-order valence-corrected chi connectivity index (χ1v) is 6.12. The van der Waals surface area contributed by atoms with Crippen LogP contribution in [0.5, 0.6) is 0 Å². The summed E-state index contributed by atoms with van der Waals surface area (Å²) in [7, 11) is 0. The monoisotopic (exact) mass is 318 g/mol. The van der Waals surface area contributed by atoms with Gasteiger partial charge in [0.25, 0.3) is 0 Å². The van der Waals surface area contributed by atoms with Gasteiger partial charge in [-0.2, -0.15) is 0 Å². The highest BCUT2D eigenvalue weighted by Crippen LogP contribution is 2.20. The third-order valence-corrected chi connectivity index (χ3v) is 2.95. The number of amides is 1. The molecule has 2 aromatic rings. The van der Waals surface area contributed by atoms with Crippen LogP contribution < -0.4 is 11.1 Å². The lowest BCUT2D eigenvalue weighted by Crippen LogP contribution is -2.33. The van der Waals surface area contributed by atoms with Crippen molar-refractivity contribution in [2.75, 3.05) is 6.54 Å². The highest BCUT2D eigenvalue weighted by atomic mass is 35.5. The molecule has 0 saturated heterocycles. The van der Waals surface area contributed by atoms with E-state index in [9.17, 15) is 4.79 Å². The van der Waals surface area contributed by atoms with Crippen LogP contribution in [0.25, 0.3) is 11.0 Å². The van der Waals surface area contributed by atoms with Gasteiger partial charge in [-0.1, -0.05) is 12.1 Å². The second kappa shape index (κ2) is 8.09. The Morgan fingerprint density at radius 2 is 2.05 bits per heavy atom. The smallest absolute Gasteiger partial charge is 0.234 e. The summed E-state index contributed by atoms with van der Waals surface area (Å²) in [4.78, 5) is 15.9. The van der Waals surface area contributed by atoms with Crippen LogP contribution in [-0.4, -0.2) is 22.0 Å². The average Bonchev–Trinajstić information content (AvgIpc) is 2.77. The molecule has 1 unspecified atom stereocenters. The average molecular weight is 319 g/mol. The van der Waals surface area contributed by atoms with Crippen LogP contribution in [0.3, 0.4) is 0 Å². The maximum atomic E-state index is 11.3. The van der Waals surface area contributed by atoms with E-state index in [1.807, 2.05) is 31.2 Å². The number of aryl methyl sites for hydroxylation is 1. The fraction of sp³-hybridized carbons (Fsp3) is 0.385. The normalized spacial score (nSPS) is 11.3. The lowest BCUT2D eigenvalue weighted by atomic mass is 10.3. The molecule has 7 heteroatoms. The van der Waals surface area contributed by atoms with Crippen LogP contribution in [0.2, 0.25) is 0 Å². The number of aromatic nitrogens is 2. The second-order valence-electron chi connectivity index (χ2n) is 4.20. The Morgan fingerprint density at radius 1 is 1.40 bits per heavy atom. The number of fused-ring (bicyclic) bond motifs is 1. The molecule has 3 N–H and O–H groups in total. The van der Waals surface area contributed by atoms with Gasteiger partial charge in [-0.3, -0.25) is 4.79 Å². The van der Waals surface area contributed by atoms with E-state index in [4.69, 9.17) is 5.73 Å². The molecule has 112 valence electrons. The van der Waals surface area contributed by atoms with Gasteiger partial charge in [-0.15, -0.1) is 24.8 Å². The minimum absolute atomic E-state index is 0. The first kappa shape index (κ1) is 18.7. The number of nitrogens with two attached hydrogens (primary N) is 1. The summed E-state index contributed by atoms with van der Waals surface area (Å²) in [6.45, 7) is 4.80. The van der Waals surface area contributed by atoms with Crippen LogP contribution in [0.15, 0.2) is 24.3 Å². The molecule has 5 nitrogen and oxygen atoms in total. The first-order valence-electron chi connectivity index (χ1n) is 6.12. The van der Waals surface area contributed by atoms with Crippen LogP contribution in [0, 0.1) is 0 Å². The molecule has 0 aliphatic carbocycles. The van der Waals surface area contributed by atoms with Crippen molar-refractivity contribution in [2.45, 2.75) is 26.4 Å². The molecule has 1 amide bonds. The number of carbonyl (C=O) groups is 1. The Kier molecular flexibility index (Phi) is 7.57. The number of carbonyl (C=O) groups excluding carboxylic acids is 1. The minimum atomic E-state index is -0.169. The first-order chi connectivity index (χ1) is 8.67. The Hall–Kier alpha value is -1.30. The van der Waals surface area contributed by atoms with Gasteiger partial charge >= 0.3 is 0 Å². The Labute approximate surface area is 130 Å². The number of halogens is 2. The molecule has 1 aromatic carbocycles. The molecule has 0 spiro atoms. The molecule has 0 fully saturated rings. The summed E-state index contributed by atoms with van der Waals surface area (Å²) in [5.41, 5.74) is 7.34. The van der Waals surface area contributed by atoms with Crippen molar-refractivity contribution in [3.05, 3.63) is 30.1 Å². The molecular weight excluding hydrogens is 299 g/mol. The molecular formula is C13H20Cl2N4O. The maximum absolute atomic E-state index is 11.3. The van der Waals surface area contributed by atoms with Crippen molar-refractivity contribution >= 4 is 41.8 Å². The van der Waals surface area contributed by atoms with Crippen molar-refractivity contribution in [3.63, 3.8) is 0 Å². The van der Waals surface area contributed by atoms with Crippen molar-refractivity contribution in [1.82, 2.24) is 14.9 Å². The third kappa shape index (κ3) is 3.62. The van der Waals surface area contributed by atoms with E-state index < -0.39 is 0 Å². The molecule has 1 heterocycles.